The first-order chi connectivity index (χ1) is 7.84. The van der Waals surface area contributed by atoms with Crippen molar-refractivity contribution in [3.05, 3.63) is 0 Å². The standard InChI is InChI=1S/C13H26N2O2/c1-6-8-9-10-14-11(16)12(17)15(7-2)13(3,4)5/h6-10H2,1-5H3,(H,14,16). The first-order valence-electron chi connectivity index (χ1n) is 6.44. The van der Waals surface area contributed by atoms with Crippen LogP contribution in [0.25, 0.3) is 0 Å². The maximum Gasteiger partial charge on any atom is 0.312 e. The van der Waals surface area contributed by atoms with Gasteiger partial charge in [0.2, 0.25) is 0 Å². The van der Waals surface area contributed by atoms with Gasteiger partial charge in [0.15, 0.2) is 0 Å². The lowest BCUT2D eigenvalue weighted by molar-refractivity contribution is -0.148. The highest BCUT2D eigenvalue weighted by Crippen LogP contribution is 2.12. The zero-order valence-electron chi connectivity index (χ0n) is 11.8. The molecule has 0 aromatic heterocycles. The molecule has 4 heteroatoms. The number of unbranched alkanes of at least 4 members (excludes halogenated alkanes) is 2. The van der Waals surface area contributed by atoms with Crippen molar-refractivity contribution < 1.29 is 9.59 Å². The summed E-state index contributed by atoms with van der Waals surface area (Å²) in [6, 6.07) is 0. The Kier molecular flexibility index (Phi) is 6.85. The molecule has 0 aromatic carbocycles. The minimum absolute atomic E-state index is 0.313. The molecule has 17 heavy (non-hydrogen) atoms. The van der Waals surface area contributed by atoms with E-state index in [2.05, 4.69) is 12.2 Å². The van der Waals surface area contributed by atoms with Crippen LogP contribution in [-0.4, -0.2) is 35.3 Å². The highest BCUT2D eigenvalue weighted by molar-refractivity contribution is 6.35. The Bertz CT molecular complexity index is 257. The van der Waals surface area contributed by atoms with Crippen molar-refractivity contribution in [3.8, 4) is 0 Å². The Balaban J connectivity index is 4.24. The Hall–Kier alpha value is -1.06. The SMILES string of the molecule is CCCCCNC(=O)C(=O)N(CC)C(C)(C)C. The number of nitrogens with one attached hydrogen (secondary N) is 1. The molecule has 0 unspecified atom stereocenters. The number of amides is 2. The van der Waals surface area contributed by atoms with Crippen molar-refractivity contribution in [2.75, 3.05) is 13.1 Å². The summed E-state index contributed by atoms with van der Waals surface area (Å²) in [7, 11) is 0. The molecule has 0 aromatic rings. The predicted octanol–water partition coefficient (Wildman–Crippen LogP) is 1.94. The van der Waals surface area contributed by atoms with Gasteiger partial charge in [-0.25, -0.2) is 0 Å². The van der Waals surface area contributed by atoms with Crippen LogP contribution < -0.4 is 5.32 Å². The fourth-order valence-corrected chi connectivity index (χ4v) is 1.70. The zero-order chi connectivity index (χ0) is 13.5. The lowest BCUT2D eigenvalue weighted by atomic mass is 10.1. The summed E-state index contributed by atoms with van der Waals surface area (Å²) in [5, 5.41) is 2.67. The number of nitrogens with zero attached hydrogens (tertiary/aromatic N) is 1. The van der Waals surface area contributed by atoms with Crippen molar-refractivity contribution in [2.24, 2.45) is 0 Å². The average Bonchev–Trinajstić information content (AvgIpc) is 2.22. The normalized spacial score (nSPS) is 11.1. The molecule has 0 fully saturated rings. The van der Waals surface area contributed by atoms with Crippen LogP contribution in [0.15, 0.2) is 0 Å². The van der Waals surface area contributed by atoms with Crippen molar-refractivity contribution in [2.45, 2.75) is 59.4 Å². The Morgan fingerprint density at radius 3 is 2.12 bits per heavy atom. The predicted molar refractivity (Wildman–Crippen MR) is 69.7 cm³/mol. The summed E-state index contributed by atoms with van der Waals surface area (Å²) in [6.45, 7) is 10.9. The van der Waals surface area contributed by atoms with Gasteiger partial charge in [0, 0.05) is 18.6 Å². The molecule has 0 aliphatic rings. The number of hydrogen-bond donors (Lipinski definition) is 1. The number of carbonyl (C=O) groups excluding carboxylic acids is 2. The second kappa shape index (κ2) is 7.30. The molecule has 0 spiro atoms. The molecule has 0 saturated heterocycles. The molecular weight excluding hydrogens is 216 g/mol. The van der Waals surface area contributed by atoms with Crippen LogP contribution in [0.2, 0.25) is 0 Å². The van der Waals surface area contributed by atoms with E-state index >= 15 is 0 Å². The molecule has 2 amide bonds. The van der Waals surface area contributed by atoms with Gasteiger partial charge in [0.1, 0.15) is 0 Å². The van der Waals surface area contributed by atoms with E-state index in [-0.39, 0.29) is 5.54 Å². The monoisotopic (exact) mass is 242 g/mol. The topological polar surface area (TPSA) is 49.4 Å². The lowest BCUT2D eigenvalue weighted by Gasteiger charge is -2.34. The fourth-order valence-electron chi connectivity index (χ4n) is 1.70. The number of hydrogen-bond acceptors (Lipinski definition) is 2. The second-order valence-electron chi connectivity index (χ2n) is 5.18. The molecule has 0 rings (SSSR count). The van der Waals surface area contributed by atoms with Gasteiger partial charge in [-0.1, -0.05) is 19.8 Å². The van der Waals surface area contributed by atoms with Crippen LogP contribution in [0, 0.1) is 0 Å². The highest BCUT2D eigenvalue weighted by Gasteiger charge is 2.29. The molecule has 0 bridgehead atoms. The summed E-state index contributed by atoms with van der Waals surface area (Å²) in [6.07, 6.45) is 3.11. The zero-order valence-corrected chi connectivity index (χ0v) is 11.8. The molecule has 100 valence electrons. The van der Waals surface area contributed by atoms with E-state index in [1.165, 1.54) is 0 Å². The van der Waals surface area contributed by atoms with Crippen LogP contribution in [-0.2, 0) is 9.59 Å². The highest BCUT2D eigenvalue weighted by atomic mass is 16.2. The first kappa shape index (κ1) is 15.9. The van der Waals surface area contributed by atoms with Crippen LogP contribution in [0.3, 0.4) is 0 Å². The summed E-state index contributed by atoms with van der Waals surface area (Å²) in [5.74, 6) is -0.922. The van der Waals surface area contributed by atoms with Gasteiger partial charge in [0.25, 0.3) is 0 Å². The maximum atomic E-state index is 11.9. The van der Waals surface area contributed by atoms with E-state index in [0.717, 1.165) is 19.3 Å². The summed E-state index contributed by atoms with van der Waals surface area (Å²) >= 11 is 0. The molecule has 0 saturated carbocycles. The third-order valence-corrected chi connectivity index (χ3v) is 2.63. The Morgan fingerprint density at radius 2 is 1.71 bits per heavy atom. The van der Waals surface area contributed by atoms with E-state index in [4.69, 9.17) is 0 Å². The number of carbonyl (C=O) groups is 2. The largest absolute Gasteiger partial charge is 0.348 e. The third-order valence-electron chi connectivity index (χ3n) is 2.63. The number of rotatable bonds is 5. The Labute approximate surface area is 105 Å². The lowest BCUT2D eigenvalue weighted by Crippen LogP contribution is -2.51. The quantitative estimate of drug-likeness (QED) is 0.591. The van der Waals surface area contributed by atoms with Gasteiger partial charge < -0.3 is 10.2 Å². The number of likely N-dealkylation sites (N-methyl/N-ethyl adjacent to an activating group) is 1. The average molecular weight is 242 g/mol. The van der Waals surface area contributed by atoms with E-state index < -0.39 is 11.8 Å². The van der Waals surface area contributed by atoms with E-state index in [9.17, 15) is 9.59 Å². The van der Waals surface area contributed by atoms with Crippen molar-refractivity contribution >= 4 is 11.8 Å². The van der Waals surface area contributed by atoms with Gasteiger partial charge in [-0.15, -0.1) is 0 Å². The fraction of sp³-hybridized carbons (Fsp3) is 0.846. The summed E-state index contributed by atoms with van der Waals surface area (Å²) in [4.78, 5) is 25.1. The van der Waals surface area contributed by atoms with E-state index in [1.54, 1.807) is 4.90 Å². The smallest absolute Gasteiger partial charge is 0.312 e. The van der Waals surface area contributed by atoms with E-state index in [0.29, 0.717) is 13.1 Å². The van der Waals surface area contributed by atoms with Gasteiger partial charge in [-0.05, 0) is 34.1 Å². The van der Waals surface area contributed by atoms with Gasteiger partial charge in [-0.2, -0.15) is 0 Å². The third kappa shape index (κ3) is 5.71. The van der Waals surface area contributed by atoms with Crippen LogP contribution in [0.4, 0.5) is 0 Å². The van der Waals surface area contributed by atoms with Gasteiger partial charge >= 0.3 is 11.8 Å². The van der Waals surface area contributed by atoms with Crippen LogP contribution in [0.5, 0.6) is 0 Å². The van der Waals surface area contributed by atoms with Crippen molar-refractivity contribution in [1.29, 1.82) is 0 Å². The Morgan fingerprint density at radius 1 is 1.12 bits per heavy atom. The molecule has 0 aliphatic heterocycles. The summed E-state index contributed by atoms with van der Waals surface area (Å²) in [5.41, 5.74) is -0.313. The van der Waals surface area contributed by atoms with Crippen LogP contribution in [0.1, 0.15) is 53.9 Å². The van der Waals surface area contributed by atoms with Gasteiger partial charge in [0.05, 0.1) is 0 Å². The molecule has 0 heterocycles. The summed E-state index contributed by atoms with van der Waals surface area (Å²) < 4.78 is 0. The minimum atomic E-state index is -0.488. The molecule has 1 N–H and O–H groups in total. The molecule has 0 aliphatic carbocycles. The van der Waals surface area contributed by atoms with E-state index in [1.807, 2.05) is 27.7 Å². The van der Waals surface area contributed by atoms with Crippen molar-refractivity contribution in [1.82, 2.24) is 10.2 Å². The molecule has 0 radical (unpaired) electrons. The van der Waals surface area contributed by atoms with Crippen molar-refractivity contribution in [3.63, 3.8) is 0 Å². The second-order valence-corrected chi connectivity index (χ2v) is 5.18. The minimum Gasteiger partial charge on any atom is -0.348 e. The molecule has 0 atom stereocenters. The molecular formula is C13H26N2O2. The first-order valence-corrected chi connectivity index (χ1v) is 6.44. The molecule has 4 nitrogen and oxygen atoms in total. The van der Waals surface area contributed by atoms with Gasteiger partial charge in [-0.3, -0.25) is 9.59 Å². The van der Waals surface area contributed by atoms with Crippen LogP contribution >= 0.6 is 0 Å². The maximum absolute atomic E-state index is 11.9.